The minimum atomic E-state index is 0.209. The number of pyridine rings is 1. The first-order valence-electron chi connectivity index (χ1n) is 4.02. The number of benzene rings is 1. The highest BCUT2D eigenvalue weighted by molar-refractivity contribution is 5.91. The van der Waals surface area contributed by atoms with E-state index < -0.39 is 0 Å². The monoisotopic (exact) mass is 171 g/mol. The molecule has 2 nitrogen and oxygen atoms in total. The molecule has 2 aromatic rings. The number of hydrogen-bond acceptors (Lipinski definition) is 2. The number of rotatable bonds is 1. The molecule has 2 rings (SSSR count). The Hall–Kier alpha value is -1.83. The van der Waals surface area contributed by atoms with Crippen LogP contribution in [0.5, 0.6) is 5.75 Å². The van der Waals surface area contributed by atoms with Crippen LogP contribution in [0.4, 0.5) is 0 Å². The van der Waals surface area contributed by atoms with E-state index in [1.54, 1.807) is 18.3 Å². The molecule has 0 atom stereocenters. The van der Waals surface area contributed by atoms with Gasteiger partial charge < -0.3 is 5.11 Å². The summed E-state index contributed by atoms with van der Waals surface area (Å²) in [6.07, 6.45) is 3.42. The SMILES string of the molecule is C=Cc1ccc(O)c2ncccc12. The van der Waals surface area contributed by atoms with Crippen LogP contribution in [0.3, 0.4) is 0 Å². The molecule has 0 saturated carbocycles. The zero-order valence-electron chi connectivity index (χ0n) is 7.07. The van der Waals surface area contributed by atoms with E-state index in [1.165, 1.54) is 0 Å². The van der Waals surface area contributed by atoms with E-state index in [0.717, 1.165) is 10.9 Å². The molecule has 0 unspecified atom stereocenters. The smallest absolute Gasteiger partial charge is 0.141 e. The van der Waals surface area contributed by atoms with Crippen LogP contribution >= 0.6 is 0 Å². The molecule has 13 heavy (non-hydrogen) atoms. The molecule has 0 bridgehead atoms. The maximum Gasteiger partial charge on any atom is 0.141 e. The van der Waals surface area contributed by atoms with Crippen LogP contribution in [0.2, 0.25) is 0 Å². The van der Waals surface area contributed by atoms with Gasteiger partial charge in [0.1, 0.15) is 11.3 Å². The quantitative estimate of drug-likeness (QED) is 0.715. The van der Waals surface area contributed by atoms with Crippen molar-refractivity contribution in [2.24, 2.45) is 0 Å². The highest BCUT2D eigenvalue weighted by atomic mass is 16.3. The van der Waals surface area contributed by atoms with Crippen LogP contribution in [0.1, 0.15) is 5.56 Å². The second-order valence-electron chi connectivity index (χ2n) is 2.78. The predicted molar refractivity (Wildman–Crippen MR) is 53.5 cm³/mol. The number of aromatic nitrogens is 1. The van der Waals surface area contributed by atoms with Gasteiger partial charge in [-0.2, -0.15) is 0 Å². The second-order valence-corrected chi connectivity index (χ2v) is 2.78. The second kappa shape index (κ2) is 2.90. The molecule has 1 N–H and O–H groups in total. The summed E-state index contributed by atoms with van der Waals surface area (Å²) in [5, 5.41) is 10.4. The molecule has 0 fully saturated rings. The molecule has 0 amide bonds. The van der Waals surface area contributed by atoms with Crippen LogP contribution in [-0.4, -0.2) is 10.1 Å². The third-order valence-electron chi connectivity index (χ3n) is 2.00. The van der Waals surface area contributed by atoms with Crippen molar-refractivity contribution in [3.05, 3.63) is 42.6 Å². The van der Waals surface area contributed by atoms with Gasteiger partial charge in [0, 0.05) is 11.6 Å². The predicted octanol–water partition coefficient (Wildman–Crippen LogP) is 2.58. The minimum absolute atomic E-state index is 0.209. The summed E-state index contributed by atoms with van der Waals surface area (Å²) < 4.78 is 0. The average Bonchev–Trinajstić information content (AvgIpc) is 2.19. The summed E-state index contributed by atoms with van der Waals surface area (Å²) in [6.45, 7) is 3.70. The minimum Gasteiger partial charge on any atom is -0.506 e. The van der Waals surface area contributed by atoms with E-state index in [4.69, 9.17) is 0 Å². The van der Waals surface area contributed by atoms with E-state index in [0.29, 0.717) is 5.52 Å². The lowest BCUT2D eigenvalue weighted by molar-refractivity contribution is 0.480. The van der Waals surface area contributed by atoms with Gasteiger partial charge in [0.05, 0.1) is 0 Å². The van der Waals surface area contributed by atoms with Gasteiger partial charge in [0.2, 0.25) is 0 Å². The summed E-state index contributed by atoms with van der Waals surface area (Å²) in [6, 6.07) is 7.21. The van der Waals surface area contributed by atoms with Crippen molar-refractivity contribution in [2.45, 2.75) is 0 Å². The van der Waals surface area contributed by atoms with Crippen molar-refractivity contribution < 1.29 is 5.11 Å². The normalized spacial score (nSPS) is 10.2. The maximum atomic E-state index is 9.49. The van der Waals surface area contributed by atoms with Crippen LogP contribution in [0, 0.1) is 0 Å². The summed E-state index contributed by atoms with van der Waals surface area (Å²) in [5.74, 6) is 0.209. The van der Waals surface area contributed by atoms with Gasteiger partial charge in [-0.25, -0.2) is 0 Å². The molecule has 64 valence electrons. The van der Waals surface area contributed by atoms with Gasteiger partial charge in [-0.3, -0.25) is 4.98 Å². The molecule has 1 heterocycles. The number of phenols is 1. The van der Waals surface area contributed by atoms with Crippen LogP contribution in [0.15, 0.2) is 37.0 Å². The van der Waals surface area contributed by atoms with E-state index in [2.05, 4.69) is 11.6 Å². The first-order valence-corrected chi connectivity index (χ1v) is 4.02. The Morgan fingerprint density at radius 3 is 2.92 bits per heavy atom. The lowest BCUT2D eigenvalue weighted by atomic mass is 10.1. The molecule has 0 spiro atoms. The summed E-state index contributed by atoms with van der Waals surface area (Å²) in [5.41, 5.74) is 1.61. The molecule has 0 aliphatic heterocycles. The number of phenolic OH excluding ortho intramolecular Hbond substituents is 1. The molecule has 0 radical (unpaired) electrons. The third-order valence-corrected chi connectivity index (χ3v) is 2.00. The zero-order chi connectivity index (χ0) is 9.26. The Bertz CT molecular complexity index is 463. The lowest BCUT2D eigenvalue weighted by Crippen LogP contribution is -1.81. The number of aromatic hydroxyl groups is 1. The largest absolute Gasteiger partial charge is 0.506 e. The Morgan fingerprint density at radius 2 is 2.15 bits per heavy atom. The first-order chi connectivity index (χ1) is 6.33. The maximum absolute atomic E-state index is 9.49. The molecule has 0 aliphatic rings. The van der Waals surface area contributed by atoms with Crippen LogP contribution in [0.25, 0.3) is 17.0 Å². The highest BCUT2D eigenvalue weighted by Crippen LogP contribution is 2.25. The van der Waals surface area contributed by atoms with Crippen molar-refractivity contribution in [1.82, 2.24) is 4.98 Å². The average molecular weight is 171 g/mol. The first kappa shape index (κ1) is 7.80. The highest BCUT2D eigenvalue weighted by Gasteiger charge is 2.02. The molecular formula is C11H9NO. The number of nitrogens with zero attached hydrogens (tertiary/aromatic N) is 1. The zero-order valence-corrected chi connectivity index (χ0v) is 7.07. The molecule has 0 aliphatic carbocycles. The Morgan fingerprint density at radius 1 is 1.31 bits per heavy atom. The van der Waals surface area contributed by atoms with E-state index in [1.807, 2.05) is 18.2 Å². The molecular weight excluding hydrogens is 162 g/mol. The Labute approximate surface area is 76.2 Å². The molecule has 1 aromatic carbocycles. The topological polar surface area (TPSA) is 33.1 Å². The third kappa shape index (κ3) is 1.16. The van der Waals surface area contributed by atoms with E-state index in [9.17, 15) is 5.11 Å². The van der Waals surface area contributed by atoms with Crippen molar-refractivity contribution >= 4 is 17.0 Å². The Kier molecular flexibility index (Phi) is 1.74. The van der Waals surface area contributed by atoms with Gasteiger partial charge in [0.15, 0.2) is 0 Å². The molecule has 2 heteroatoms. The van der Waals surface area contributed by atoms with Crippen LogP contribution < -0.4 is 0 Å². The van der Waals surface area contributed by atoms with Crippen molar-refractivity contribution in [3.8, 4) is 5.75 Å². The summed E-state index contributed by atoms with van der Waals surface area (Å²) in [7, 11) is 0. The fraction of sp³-hybridized carbons (Fsp3) is 0. The van der Waals surface area contributed by atoms with Crippen molar-refractivity contribution in [3.63, 3.8) is 0 Å². The molecule has 0 saturated heterocycles. The molecule has 1 aromatic heterocycles. The standard InChI is InChI=1S/C11H9NO/c1-2-8-5-6-10(13)11-9(8)4-3-7-12-11/h2-7,13H,1H2. The van der Waals surface area contributed by atoms with Crippen LogP contribution in [-0.2, 0) is 0 Å². The summed E-state index contributed by atoms with van der Waals surface area (Å²) >= 11 is 0. The fourth-order valence-corrected chi connectivity index (χ4v) is 1.36. The van der Waals surface area contributed by atoms with E-state index >= 15 is 0 Å². The van der Waals surface area contributed by atoms with Gasteiger partial charge in [-0.1, -0.05) is 24.8 Å². The number of fused-ring (bicyclic) bond motifs is 1. The fourth-order valence-electron chi connectivity index (χ4n) is 1.36. The van der Waals surface area contributed by atoms with Gasteiger partial charge in [-0.05, 0) is 17.7 Å². The number of hydrogen-bond donors (Lipinski definition) is 1. The summed E-state index contributed by atoms with van der Waals surface area (Å²) in [4.78, 5) is 4.09. The van der Waals surface area contributed by atoms with Crippen molar-refractivity contribution in [2.75, 3.05) is 0 Å². The van der Waals surface area contributed by atoms with Crippen molar-refractivity contribution in [1.29, 1.82) is 0 Å². The Balaban J connectivity index is 2.92. The van der Waals surface area contributed by atoms with Gasteiger partial charge in [0.25, 0.3) is 0 Å². The van der Waals surface area contributed by atoms with E-state index in [-0.39, 0.29) is 5.75 Å². The lowest BCUT2D eigenvalue weighted by Gasteiger charge is -2.02. The van der Waals surface area contributed by atoms with Gasteiger partial charge >= 0.3 is 0 Å². The van der Waals surface area contributed by atoms with Gasteiger partial charge in [-0.15, -0.1) is 0 Å².